The van der Waals surface area contributed by atoms with Gasteiger partial charge >= 0.3 is 12.1 Å². The SMILES string of the molecule is Cn1c(C(=O)N2CCCC2(C)C(=O)O)cc2cc(C(F)(F)F)ccc21. The lowest BCUT2D eigenvalue weighted by atomic mass is 9.99. The third kappa shape index (κ3) is 2.65. The Bertz CT molecular complexity index is 872. The lowest BCUT2D eigenvalue weighted by Gasteiger charge is -2.31. The van der Waals surface area contributed by atoms with Gasteiger partial charge in [-0.05, 0) is 44.0 Å². The van der Waals surface area contributed by atoms with E-state index in [1.165, 1.54) is 28.5 Å². The second-order valence-corrected chi connectivity index (χ2v) is 6.50. The summed E-state index contributed by atoms with van der Waals surface area (Å²) in [6, 6.07) is 4.66. The quantitative estimate of drug-likeness (QED) is 0.900. The lowest BCUT2D eigenvalue weighted by molar-refractivity contribution is -0.147. The van der Waals surface area contributed by atoms with Crippen molar-refractivity contribution < 1.29 is 27.9 Å². The molecule has 0 aliphatic carbocycles. The van der Waals surface area contributed by atoms with Gasteiger partial charge in [0.05, 0.1) is 5.56 Å². The van der Waals surface area contributed by atoms with Crippen molar-refractivity contribution in [2.24, 2.45) is 7.05 Å². The van der Waals surface area contributed by atoms with Gasteiger partial charge in [0.15, 0.2) is 0 Å². The Morgan fingerprint density at radius 2 is 1.92 bits per heavy atom. The molecule has 1 aromatic heterocycles. The van der Waals surface area contributed by atoms with Crippen LogP contribution in [0.25, 0.3) is 10.9 Å². The number of benzene rings is 1. The molecule has 1 N–H and O–H groups in total. The predicted molar refractivity (Wildman–Crippen MR) is 84.2 cm³/mol. The monoisotopic (exact) mass is 354 g/mol. The first-order valence-corrected chi connectivity index (χ1v) is 7.78. The maximum absolute atomic E-state index is 12.9. The molecule has 25 heavy (non-hydrogen) atoms. The van der Waals surface area contributed by atoms with Crippen molar-refractivity contribution in [1.29, 1.82) is 0 Å². The molecule has 1 aliphatic rings. The number of fused-ring (bicyclic) bond motifs is 1. The molecule has 0 radical (unpaired) electrons. The Hall–Kier alpha value is -2.51. The Morgan fingerprint density at radius 1 is 1.24 bits per heavy atom. The first-order chi connectivity index (χ1) is 11.6. The van der Waals surface area contributed by atoms with Crippen LogP contribution >= 0.6 is 0 Å². The zero-order chi connectivity index (χ0) is 18.6. The van der Waals surface area contributed by atoms with Gasteiger partial charge < -0.3 is 14.6 Å². The van der Waals surface area contributed by atoms with Crippen molar-refractivity contribution in [3.8, 4) is 0 Å². The molecular weight excluding hydrogens is 337 g/mol. The van der Waals surface area contributed by atoms with Crippen molar-refractivity contribution in [1.82, 2.24) is 9.47 Å². The van der Waals surface area contributed by atoms with Crippen LogP contribution < -0.4 is 0 Å². The second-order valence-electron chi connectivity index (χ2n) is 6.50. The van der Waals surface area contributed by atoms with E-state index in [2.05, 4.69) is 0 Å². The number of carboxylic acids is 1. The molecule has 0 spiro atoms. The average molecular weight is 354 g/mol. The highest BCUT2D eigenvalue weighted by Gasteiger charge is 2.46. The van der Waals surface area contributed by atoms with E-state index in [0.29, 0.717) is 24.9 Å². The molecule has 1 amide bonds. The molecule has 1 atom stereocenters. The highest BCUT2D eigenvalue weighted by atomic mass is 19.4. The number of alkyl halides is 3. The Labute approximate surface area is 141 Å². The zero-order valence-corrected chi connectivity index (χ0v) is 13.7. The van der Waals surface area contributed by atoms with E-state index in [9.17, 15) is 27.9 Å². The van der Waals surface area contributed by atoms with Crippen molar-refractivity contribution in [3.05, 3.63) is 35.5 Å². The number of likely N-dealkylation sites (tertiary alicyclic amines) is 1. The minimum absolute atomic E-state index is 0.170. The Morgan fingerprint density at radius 3 is 2.52 bits per heavy atom. The van der Waals surface area contributed by atoms with Gasteiger partial charge in [0.1, 0.15) is 11.2 Å². The summed E-state index contributed by atoms with van der Waals surface area (Å²) in [6.07, 6.45) is -3.56. The van der Waals surface area contributed by atoms with E-state index in [-0.39, 0.29) is 11.1 Å². The molecule has 8 heteroatoms. The minimum atomic E-state index is -4.47. The first-order valence-electron chi connectivity index (χ1n) is 7.78. The summed E-state index contributed by atoms with van der Waals surface area (Å²) in [4.78, 5) is 25.7. The van der Waals surface area contributed by atoms with Gasteiger partial charge in [-0.25, -0.2) is 4.79 Å². The summed E-state index contributed by atoms with van der Waals surface area (Å²) < 4.78 is 40.1. The summed E-state index contributed by atoms with van der Waals surface area (Å²) in [7, 11) is 1.58. The maximum Gasteiger partial charge on any atom is 0.416 e. The molecule has 0 bridgehead atoms. The van der Waals surface area contributed by atoms with Crippen LogP contribution in [0.1, 0.15) is 35.8 Å². The van der Waals surface area contributed by atoms with Crippen LogP contribution in [0.5, 0.6) is 0 Å². The number of nitrogens with zero attached hydrogens (tertiary/aromatic N) is 2. The number of aliphatic carboxylic acids is 1. The van der Waals surface area contributed by atoms with E-state index in [1.807, 2.05) is 0 Å². The topological polar surface area (TPSA) is 62.5 Å². The van der Waals surface area contributed by atoms with Crippen molar-refractivity contribution in [3.63, 3.8) is 0 Å². The molecule has 2 heterocycles. The molecular formula is C17H17F3N2O3. The van der Waals surface area contributed by atoms with Crippen LogP contribution in [0, 0.1) is 0 Å². The van der Waals surface area contributed by atoms with Crippen LogP contribution in [-0.4, -0.2) is 38.5 Å². The van der Waals surface area contributed by atoms with E-state index >= 15 is 0 Å². The highest BCUT2D eigenvalue weighted by molar-refractivity contribution is 6.01. The predicted octanol–water partition coefficient (Wildman–Crippen LogP) is 3.28. The third-order valence-corrected chi connectivity index (χ3v) is 4.94. The van der Waals surface area contributed by atoms with Gasteiger partial charge in [-0.15, -0.1) is 0 Å². The number of aryl methyl sites for hydroxylation is 1. The van der Waals surface area contributed by atoms with Crippen molar-refractivity contribution in [2.45, 2.75) is 31.5 Å². The summed E-state index contributed by atoms with van der Waals surface area (Å²) in [6.45, 7) is 1.79. The van der Waals surface area contributed by atoms with E-state index in [4.69, 9.17) is 0 Å². The molecule has 134 valence electrons. The van der Waals surface area contributed by atoms with Crippen molar-refractivity contribution in [2.75, 3.05) is 6.54 Å². The number of hydrogen-bond acceptors (Lipinski definition) is 2. The number of hydrogen-bond donors (Lipinski definition) is 1. The molecule has 1 fully saturated rings. The first kappa shape index (κ1) is 17.3. The number of carbonyl (C=O) groups excluding carboxylic acids is 1. The Balaban J connectivity index is 2.05. The largest absolute Gasteiger partial charge is 0.480 e. The molecule has 0 saturated carbocycles. The molecule has 3 rings (SSSR count). The third-order valence-electron chi connectivity index (χ3n) is 4.94. The molecule has 5 nitrogen and oxygen atoms in total. The average Bonchev–Trinajstić information content (AvgIpc) is 3.07. The van der Waals surface area contributed by atoms with Crippen LogP contribution in [0.4, 0.5) is 13.2 Å². The Kier molecular flexibility index (Phi) is 3.81. The standard InChI is InChI=1S/C17H17F3N2O3/c1-16(15(24)25)6-3-7-22(16)14(23)13-9-10-8-11(17(18,19)20)4-5-12(10)21(13)2/h4-5,8-9H,3,6-7H2,1-2H3,(H,24,25). The smallest absolute Gasteiger partial charge is 0.416 e. The molecule has 1 unspecified atom stereocenters. The number of amides is 1. The second kappa shape index (κ2) is 5.50. The summed E-state index contributed by atoms with van der Waals surface area (Å²) in [5.41, 5.74) is -1.44. The van der Waals surface area contributed by atoms with Crippen LogP contribution in [0.15, 0.2) is 24.3 Å². The van der Waals surface area contributed by atoms with E-state index < -0.39 is 29.2 Å². The zero-order valence-electron chi connectivity index (χ0n) is 13.7. The fourth-order valence-corrected chi connectivity index (χ4v) is 3.38. The normalized spacial score (nSPS) is 21.1. The number of rotatable bonds is 2. The van der Waals surface area contributed by atoms with Crippen LogP contribution in [0.3, 0.4) is 0 Å². The highest BCUT2D eigenvalue weighted by Crippen LogP contribution is 2.34. The van der Waals surface area contributed by atoms with Gasteiger partial charge in [-0.1, -0.05) is 0 Å². The van der Waals surface area contributed by atoms with Gasteiger partial charge in [0.2, 0.25) is 0 Å². The lowest BCUT2D eigenvalue weighted by Crippen LogP contribution is -2.51. The number of halogens is 3. The van der Waals surface area contributed by atoms with Gasteiger partial charge in [0.25, 0.3) is 5.91 Å². The van der Waals surface area contributed by atoms with Crippen LogP contribution in [-0.2, 0) is 18.0 Å². The van der Waals surface area contributed by atoms with Gasteiger partial charge in [-0.2, -0.15) is 13.2 Å². The summed E-state index contributed by atoms with van der Waals surface area (Å²) in [5, 5.41) is 9.74. The van der Waals surface area contributed by atoms with Gasteiger partial charge in [-0.3, -0.25) is 4.79 Å². The molecule has 1 saturated heterocycles. The number of carbonyl (C=O) groups is 2. The number of aromatic nitrogens is 1. The van der Waals surface area contributed by atoms with Crippen LogP contribution in [0.2, 0.25) is 0 Å². The summed E-state index contributed by atoms with van der Waals surface area (Å²) in [5.74, 6) is -1.58. The molecule has 1 aromatic carbocycles. The fraction of sp³-hybridized carbons (Fsp3) is 0.412. The fourth-order valence-electron chi connectivity index (χ4n) is 3.38. The van der Waals surface area contributed by atoms with E-state index in [0.717, 1.165) is 12.1 Å². The maximum atomic E-state index is 12.9. The molecule has 2 aromatic rings. The summed E-state index contributed by atoms with van der Waals surface area (Å²) >= 11 is 0. The van der Waals surface area contributed by atoms with Crippen molar-refractivity contribution >= 4 is 22.8 Å². The number of carboxylic acid groups (broad SMARTS) is 1. The minimum Gasteiger partial charge on any atom is -0.480 e. The van der Waals surface area contributed by atoms with E-state index in [1.54, 1.807) is 7.05 Å². The van der Waals surface area contributed by atoms with Gasteiger partial charge in [0, 0.05) is 24.5 Å². The molecule has 1 aliphatic heterocycles.